The number of hydrogen-bond acceptors (Lipinski definition) is 4. The normalized spacial score (nSPS) is 12.8. The molecule has 0 radical (unpaired) electrons. The molecule has 0 bridgehead atoms. The van der Waals surface area contributed by atoms with Crippen molar-refractivity contribution in [3.63, 3.8) is 0 Å². The zero-order valence-electron chi connectivity index (χ0n) is 13.3. The summed E-state index contributed by atoms with van der Waals surface area (Å²) in [5.41, 5.74) is 6.59. The van der Waals surface area contributed by atoms with Gasteiger partial charge < -0.3 is 25.7 Å². The third kappa shape index (κ3) is 5.20. The first kappa shape index (κ1) is 20.7. The summed E-state index contributed by atoms with van der Waals surface area (Å²) in [7, 11) is -4.48. The third-order valence-corrected chi connectivity index (χ3v) is 4.94. The fourth-order valence-electron chi connectivity index (χ4n) is 2.46. The molecule has 0 unspecified atom stereocenters. The summed E-state index contributed by atoms with van der Waals surface area (Å²) in [6, 6.07) is 6.27. The molecule has 0 aliphatic carbocycles. The van der Waals surface area contributed by atoms with Crippen molar-refractivity contribution in [3.05, 3.63) is 51.5 Å². The van der Waals surface area contributed by atoms with E-state index in [9.17, 15) is 24.3 Å². The Labute approximate surface area is 159 Å². The van der Waals surface area contributed by atoms with E-state index in [4.69, 9.17) is 34.0 Å². The Balaban J connectivity index is 2.62. The van der Waals surface area contributed by atoms with Crippen molar-refractivity contribution < 1.29 is 29.4 Å². The van der Waals surface area contributed by atoms with Crippen LogP contribution in [0.2, 0.25) is 10.0 Å². The molecule has 0 aliphatic heterocycles. The molecule has 10 heteroatoms. The molecule has 26 heavy (non-hydrogen) atoms. The fraction of sp³-hybridized carbons (Fsp3) is 0.188. The number of nitrogens with two attached hydrogens (primary N) is 1. The van der Waals surface area contributed by atoms with Crippen LogP contribution >= 0.6 is 30.8 Å². The number of halogens is 2. The van der Waals surface area contributed by atoms with Gasteiger partial charge in [-0.05, 0) is 35.4 Å². The summed E-state index contributed by atoms with van der Waals surface area (Å²) >= 11 is 12.1. The van der Waals surface area contributed by atoms with Gasteiger partial charge in [-0.3, -0.25) is 9.36 Å². The second kappa shape index (κ2) is 7.96. The molecule has 2 aromatic carbocycles. The monoisotopic (exact) mass is 419 g/mol. The molecule has 0 aromatic heterocycles. The molecular weight excluding hydrogens is 404 g/mol. The number of benzene rings is 2. The van der Waals surface area contributed by atoms with Crippen LogP contribution in [0.25, 0.3) is 11.1 Å². The largest absolute Gasteiger partial charge is 0.507 e. The highest BCUT2D eigenvalue weighted by Crippen LogP contribution is 2.44. The van der Waals surface area contributed by atoms with Crippen LogP contribution in [0.3, 0.4) is 0 Å². The van der Waals surface area contributed by atoms with Crippen molar-refractivity contribution in [3.8, 4) is 16.9 Å². The van der Waals surface area contributed by atoms with Gasteiger partial charge in [0.1, 0.15) is 11.8 Å². The van der Waals surface area contributed by atoms with Crippen LogP contribution in [0, 0.1) is 0 Å². The van der Waals surface area contributed by atoms with Gasteiger partial charge >= 0.3 is 13.6 Å². The highest BCUT2D eigenvalue weighted by molar-refractivity contribution is 7.50. The van der Waals surface area contributed by atoms with Gasteiger partial charge in [0.2, 0.25) is 0 Å². The number of phenols is 1. The van der Waals surface area contributed by atoms with Gasteiger partial charge in [-0.25, -0.2) is 0 Å². The van der Waals surface area contributed by atoms with Crippen LogP contribution in [-0.4, -0.2) is 32.0 Å². The van der Waals surface area contributed by atoms with Crippen LogP contribution in [0.4, 0.5) is 0 Å². The quantitative estimate of drug-likeness (QED) is 0.453. The molecule has 0 amide bonds. The number of aromatic hydroxyl groups is 1. The maximum atomic E-state index is 11.4. The molecule has 6 N–H and O–H groups in total. The first-order valence-electron chi connectivity index (χ1n) is 7.31. The van der Waals surface area contributed by atoms with E-state index in [2.05, 4.69) is 0 Å². The smallest absolute Gasteiger partial charge is 0.330 e. The summed E-state index contributed by atoms with van der Waals surface area (Å²) in [6.45, 7) is 0. The molecule has 0 heterocycles. The predicted octanol–water partition coefficient (Wildman–Crippen LogP) is 3.00. The highest BCUT2D eigenvalue weighted by atomic mass is 35.5. The molecule has 0 saturated carbocycles. The van der Waals surface area contributed by atoms with Crippen molar-refractivity contribution in [1.29, 1.82) is 0 Å². The third-order valence-electron chi connectivity index (χ3n) is 3.64. The van der Waals surface area contributed by atoms with Gasteiger partial charge in [0.25, 0.3) is 0 Å². The van der Waals surface area contributed by atoms with E-state index < -0.39 is 31.5 Å². The molecule has 140 valence electrons. The first-order chi connectivity index (χ1) is 12.0. The Morgan fingerprint density at radius 2 is 1.77 bits per heavy atom. The van der Waals surface area contributed by atoms with E-state index in [1.54, 1.807) is 12.1 Å². The number of carbonyl (C=O) groups is 1. The number of carboxylic acid groups (broad SMARTS) is 1. The molecule has 1 atom stereocenters. The second-order valence-electron chi connectivity index (χ2n) is 5.74. The number of aliphatic carboxylic acids is 1. The minimum atomic E-state index is -4.48. The lowest BCUT2D eigenvalue weighted by Gasteiger charge is -2.16. The summed E-state index contributed by atoms with van der Waals surface area (Å²) in [6.07, 6.45) is -0.943. The van der Waals surface area contributed by atoms with Crippen molar-refractivity contribution >= 4 is 36.8 Å². The summed E-state index contributed by atoms with van der Waals surface area (Å²) < 4.78 is 11.4. The lowest BCUT2D eigenvalue weighted by atomic mass is 9.96. The minimum absolute atomic E-state index is 0.0329. The Kier molecular flexibility index (Phi) is 6.34. The molecule has 0 aliphatic rings. The van der Waals surface area contributed by atoms with Gasteiger partial charge in [0, 0.05) is 27.6 Å². The van der Waals surface area contributed by atoms with Crippen LogP contribution in [0.15, 0.2) is 30.3 Å². The molecule has 2 aromatic rings. The van der Waals surface area contributed by atoms with Gasteiger partial charge in [0.05, 0.1) is 6.16 Å². The predicted molar refractivity (Wildman–Crippen MR) is 98.6 cm³/mol. The number of phenolic OH excluding ortho intramolecular Hbond substituents is 1. The number of hydrogen-bond donors (Lipinski definition) is 5. The maximum Gasteiger partial charge on any atom is 0.330 e. The first-order valence-corrected chi connectivity index (χ1v) is 9.86. The van der Waals surface area contributed by atoms with Crippen LogP contribution in [-0.2, 0) is 21.9 Å². The Morgan fingerprint density at radius 1 is 1.15 bits per heavy atom. The topological polar surface area (TPSA) is 141 Å². The fourth-order valence-corrected chi connectivity index (χ4v) is 3.66. The molecular formula is C16H16Cl2NO6P. The SMILES string of the molecule is N[C@@H](Cc1cc(-c2ccc(Cl)cc2Cl)cc(CP(=O)(O)O)c1O)C(=O)O. The maximum absolute atomic E-state index is 11.4. The van der Waals surface area contributed by atoms with Gasteiger partial charge in [-0.1, -0.05) is 29.3 Å². The highest BCUT2D eigenvalue weighted by Gasteiger charge is 2.22. The number of rotatable bonds is 6. The zero-order chi connectivity index (χ0) is 19.6. The lowest BCUT2D eigenvalue weighted by Crippen LogP contribution is -2.32. The van der Waals surface area contributed by atoms with E-state index in [1.165, 1.54) is 18.2 Å². The summed E-state index contributed by atoms with van der Waals surface area (Å²) in [4.78, 5) is 29.5. The Hall–Kier alpha value is -1.60. The zero-order valence-corrected chi connectivity index (χ0v) is 15.7. The summed E-state index contributed by atoms with van der Waals surface area (Å²) in [5, 5.41) is 20.0. The second-order valence-corrected chi connectivity index (χ2v) is 8.23. The van der Waals surface area contributed by atoms with Gasteiger partial charge in [-0.15, -0.1) is 0 Å². The average molecular weight is 420 g/mol. The lowest BCUT2D eigenvalue weighted by molar-refractivity contribution is -0.138. The van der Waals surface area contributed by atoms with Crippen molar-refractivity contribution in [2.75, 3.05) is 0 Å². The molecule has 0 fully saturated rings. The summed E-state index contributed by atoms with van der Waals surface area (Å²) in [5.74, 6) is -1.67. The number of carboxylic acids is 1. The van der Waals surface area contributed by atoms with E-state index >= 15 is 0 Å². The molecule has 7 nitrogen and oxygen atoms in total. The van der Waals surface area contributed by atoms with E-state index in [1.807, 2.05) is 0 Å². The van der Waals surface area contributed by atoms with E-state index in [0.29, 0.717) is 21.2 Å². The average Bonchev–Trinajstić information content (AvgIpc) is 2.49. The van der Waals surface area contributed by atoms with Gasteiger partial charge in [0.15, 0.2) is 0 Å². The molecule has 2 rings (SSSR count). The standard InChI is InChI=1S/C16H16Cl2NO6P/c17-11-1-2-12(13(18)6-11)8-3-9(5-14(19)16(21)22)15(20)10(4-8)7-26(23,24)25/h1-4,6,14,20H,5,7,19H2,(H,21,22)(H2,23,24,25)/t14-/m0/s1. The Bertz CT molecular complexity index is 899. The van der Waals surface area contributed by atoms with Crippen molar-refractivity contribution in [2.24, 2.45) is 5.73 Å². The molecule has 0 spiro atoms. The van der Waals surface area contributed by atoms with Crippen LogP contribution < -0.4 is 5.73 Å². The van der Waals surface area contributed by atoms with Gasteiger partial charge in [-0.2, -0.15) is 0 Å². The minimum Gasteiger partial charge on any atom is -0.507 e. The van der Waals surface area contributed by atoms with E-state index in [0.717, 1.165) is 0 Å². The van der Waals surface area contributed by atoms with Crippen molar-refractivity contribution in [2.45, 2.75) is 18.6 Å². The van der Waals surface area contributed by atoms with Crippen LogP contribution in [0.1, 0.15) is 11.1 Å². The molecule has 0 saturated heterocycles. The van der Waals surface area contributed by atoms with E-state index in [-0.39, 0.29) is 17.5 Å². The Morgan fingerprint density at radius 3 is 2.31 bits per heavy atom. The van der Waals surface area contributed by atoms with Crippen LogP contribution in [0.5, 0.6) is 5.75 Å². The van der Waals surface area contributed by atoms with Crippen molar-refractivity contribution in [1.82, 2.24) is 0 Å².